The lowest BCUT2D eigenvalue weighted by Gasteiger charge is -2.13. The molecule has 164 valence electrons. The number of carbonyl (C=O) groups excluding carboxylic acids is 1. The predicted molar refractivity (Wildman–Crippen MR) is 127 cm³/mol. The average molecular weight is 486 g/mol. The van der Waals surface area contributed by atoms with E-state index in [2.05, 4.69) is 20.7 Å². The zero-order chi connectivity index (χ0) is 22.5. The van der Waals surface area contributed by atoms with E-state index in [1.165, 1.54) is 23.1 Å². The van der Waals surface area contributed by atoms with Crippen LogP contribution in [0.1, 0.15) is 28.0 Å². The fourth-order valence-electron chi connectivity index (χ4n) is 3.01. The topological polar surface area (TPSA) is 81.9 Å². The molecule has 1 N–H and O–H groups in total. The molecule has 2 heterocycles. The van der Waals surface area contributed by atoms with Crippen molar-refractivity contribution in [3.05, 3.63) is 75.2 Å². The molecule has 2 aromatic carbocycles. The van der Waals surface area contributed by atoms with Crippen LogP contribution in [0.4, 0.5) is 0 Å². The van der Waals surface area contributed by atoms with Crippen molar-refractivity contribution in [3.8, 4) is 17.1 Å². The van der Waals surface area contributed by atoms with Gasteiger partial charge in [0.25, 0.3) is 5.91 Å². The highest BCUT2D eigenvalue weighted by molar-refractivity contribution is 7.98. The number of para-hydroxylation sites is 1. The standard InChI is InChI=1S/C22H20ClN5O2S2/c1-3-30-27-21(29)17-12-31-19(24-17)13-32-22-26-25-20(15-9-5-6-10-16(15)23)28(22)18-11-7-4-8-14(18)2/h4-12H,3,13H2,1-2H3,(H,27,29). The minimum atomic E-state index is -0.358. The minimum absolute atomic E-state index is 0.330. The summed E-state index contributed by atoms with van der Waals surface area (Å²) >= 11 is 9.38. The number of thiazole rings is 1. The molecule has 0 aliphatic carbocycles. The summed E-state index contributed by atoms with van der Waals surface area (Å²) in [7, 11) is 0. The SMILES string of the molecule is CCONC(=O)c1csc(CSc2nnc(-c3ccccc3Cl)n2-c2ccccc2C)n1. The van der Waals surface area contributed by atoms with Crippen molar-refractivity contribution in [3.63, 3.8) is 0 Å². The number of hydrogen-bond donors (Lipinski definition) is 1. The van der Waals surface area contributed by atoms with Gasteiger partial charge >= 0.3 is 0 Å². The molecular weight excluding hydrogens is 466 g/mol. The number of nitrogens with zero attached hydrogens (tertiary/aromatic N) is 4. The van der Waals surface area contributed by atoms with Gasteiger partial charge in [-0.15, -0.1) is 21.5 Å². The van der Waals surface area contributed by atoms with Gasteiger partial charge in [-0.25, -0.2) is 10.5 Å². The van der Waals surface area contributed by atoms with Crippen LogP contribution in [0.15, 0.2) is 59.1 Å². The van der Waals surface area contributed by atoms with Crippen LogP contribution in [0.5, 0.6) is 0 Å². The summed E-state index contributed by atoms with van der Waals surface area (Å²) in [5, 5.41) is 12.7. The van der Waals surface area contributed by atoms with E-state index in [1.54, 1.807) is 12.3 Å². The van der Waals surface area contributed by atoms with Gasteiger partial charge in [-0.05, 0) is 37.6 Å². The van der Waals surface area contributed by atoms with Crippen molar-refractivity contribution in [1.82, 2.24) is 25.2 Å². The summed E-state index contributed by atoms with van der Waals surface area (Å²) in [6.45, 7) is 4.23. The first-order chi connectivity index (χ1) is 15.6. The number of aromatic nitrogens is 4. The second-order valence-corrected chi connectivity index (χ2v) is 8.98. The lowest BCUT2D eigenvalue weighted by molar-refractivity contribution is 0.0360. The zero-order valence-corrected chi connectivity index (χ0v) is 19.8. The van der Waals surface area contributed by atoms with Gasteiger partial charge in [-0.3, -0.25) is 14.2 Å². The van der Waals surface area contributed by atoms with Crippen LogP contribution in [0, 0.1) is 6.92 Å². The summed E-state index contributed by atoms with van der Waals surface area (Å²) in [6, 6.07) is 15.6. The summed E-state index contributed by atoms with van der Waals surface area (Å²) in [4.78, 5) is 21.4. The van der Waals surface area contributed by atoms with E-state index >= 15 is 0 Å². The lowest BCUT2D eigenvalue weighted by atomic mass is 10.1. The first kappa shape index (κ1) is 22.5. The van der Waals surface area contributed by atoms with Crippen LogP contribution in [-0.2, 0) is 10.6 Å². The Morgan fingerprint density at radius 2 is 1.97 bits per heavy atom. The minimum Gasteiger partial charge on any atom is -0.274 e. The highest BCUT2D eigenvalue weighted by Gasteiger charge is 2.20. The third kappa shape index (κ3) is 4.86. The molecule has 0 spiro atoms. The molecule has 7 nitrogen and oxygen atoms in total. The molecule has 1 amide bonds. The molecule has 0 aliphatic rings. The number of nitrogens with one attached hydrogen (secondary N) is 1. The Morgan fingerprint density at radius 3 is 2.75 bits per heavy atom. The summed E-state index contributed by atoms with van der Waals surface area (Å²) in [6.07, 6.45) is 0. The van der Waals surface area contributed by atoms with Crippen molar-refractivity contribution in [2.75, 3.05) is 6.61 Å². The van der Waals surface area contributed by atoms with Crippen LogP contribution >= 0.6 is 34.7 Å². The smallest absolute Gasteiger partial charge is 0.274 e. The number of aryl methyl sites for hydroxylation is 1. The Hall–Kier alpha value is -2.72. The Morgan fingerprint density at radius 1 is 1.19 bits per heavy atom. The van der Waals surface area contributed by atoms with Crippen molar-refractivity contribution in [1.29, 1.82) is 0 Å². The Kier molecular flexibility index (Phi) is 7.21. The van der Waals surface area contributed by atoms with Gasteiger partial charge in [-0.1, -0.05) is 53.7 Å². The zero-order valence-electron chi connectivity index (χ0n) is 17.4. The predicted octanol–water partition coefficient (Wildman–Crippen LogP) is 5.33. The molecule has 0 bridgehead atoms. The molecule has 32 heavy (non-hydrogen) atoms. The normalized spacial score (nSPS) is 11.0. The van der Waals surface area contributed by atoms with Gasteiger partial charge in [-0.2, -0.15) is 0 Å². The molecular formula is C22H20ClN5O2S2. The number of hydroxylamine groups is 1. The van der Waals surface area contributed by atoms with E-state index in [0.717, 1.165) is 21.8 Å². The number of halogens is 1. The average Bonchev–Trinajstić information content (AvgIpc) is 3.44. The van der Waals surface area contributed by atoms with Crippen LogP contribution in [-0.4, -0.2) is 32.3 Å². The fourth-order valence-corrected chi connectivity index (χ4v) is 4.97. The molecule has 10 heteroatoms. The largest absolute Gasteiger partial charge is 0.294 e. The molecule has 0 radical (unpaired) electrons. The third-order valence-corrected chi connectivity index (χ3v) is 6.82. The lowest BCUT2D eigenvalue weighted by Crippen LogP contribution is -2.23. The number of hydrogen-bond acceptors (Lipinski definition) is 7. The van der Waals surface area contributed by atoms with Crippen molar-refractivity contribution >= 4 is 40.6 Å². The van der Waals surface area contributed by atoms with Gasteiger partial charge in [0, 0.05) is 10.9 Å². The number of amides is 1. The van der Waals surface area contributed by atoms with Crippen LogP contribution in [0.2, 0.25) is 5.02 Å². The van der Waals surface area contributed by atoms with Crippen LogP contribution in [0.3, 0.4) is 0 Å². The Labute approximate surface area is 198 Å². The first-order valence-electron chi connectivity index (χ1n) is 9.84. The second-order valence-electron chi connectivity index (χ2n) is 6.69. The molecule has 0 atom stereocenters. The van der Waals surface area contributed by atoms with Crippen molar-refractivity contribution < 1.29 is 9.63 Å². The molecule has 4 rings (SSSR count). The molecule has 0 unspecified atom stereocenters. The van der Waals surface area contributed by atoms with E-state index in [9.17, 15) is 4.79 Å². The maximum atomic E-state index is 12.0. The first-order valence-corrected chi connectivity index (χ1v) is 12.1. The second kappa shape index (κ2) is 10.3. The monoisotopic (exact) mass is 485 g/mol. The number of carbonyl (C=O) groups is 1. The number of rotatable bonds is 8. The van der Waals surface area contributed by atoms with Gasteiger partial charge in [0.05, 0.1) is 23.1 Å². The van der Waals surface area contributed by atoms with Gasteiger partial charge in [0.1, 0.15) is 10.7 Å². The van der Waals surface area contributed by atoms with E-state index < -0.39 is 0 Å². The molecule has 0 fully saturated rings. The Bertz CT molecular complexity index is 1240. The van der Waals surface area contributed by atoms with Gasteiger partial charge in [0.2, 0.25) is 0 Å². The fraction of sp³-hybridized carbons (Fsp3) is 0.182. The van der Waals surface area contributed by atoms with Gasteiger partial charge in [0.15, 0.2) is 11.0 Å². The number of benzene rings is 2. The van der Waals surface area contributed by atoms with Crippen LogP contribution < -0.4 is 5.48 Å². The van der Waals surface area contributed by atoms with Crippen molar-refractivity contribution in [2.45, 2.75) is 24.8 Å². The van der Waals surface area contributed by atoms with E-state index in [4.69, 9.17) is 16.4 Å². The highest BCUT2D eigenvalue weighted by atomic mass is 35.5. The third-order valence-electron chi connectivity index (χ3n) is 4.52. The highest BCUT2D eigenvalue weighted by Crippen LogP contribution is 2.34. The summed E-state index contributed by atoms with van der Waals surface area (Å²) in [5.74, 6) is 0.853. The molecule has 0 saturated carbocycles. The van der Waals surface area contributed by atoms with Crippen LogP contribution in [0.25, 0.3) is 17.1 Å². The maximum Gasteiger partial charge on any atom is 0.294 e. The number of thioether (sulfide) groups is 1. The summed E-state index contributed by atoms with van der Waals surface area (Å²) < 4.78 is 2.01. The molecule has 2 aromatic heterocycles. The Balaban J connectivity index is 1.64. The maximum absolute atomic E-state index is 12.0. The summed E-state index contributed by atoms with van der Waals surface area (Å²) in [5.41, 5.74) is 5.56. The molecule has 0 saturated heterocycles. The van der Waals surface area contributed by atoms with E-state index in [0.29, 0.717) is 34.1 Å². The molecule has 4 aromatic rings. The van der Waals surface area contributed by atoms with Gasteiger partial charge < -0.3 is 0 Å². The van der Waals surface area contributed by atoms with E-state index in [1.807, 2.05) is 60.0 Å². The quantitative estimate of drug-likeness (QED) is 0.268. The van der Waals surface area contributed by atoms with Crippen molar-refractivity contribution in [2.24, 2.45) is 0 Å². The van der Waals surface area contributed by atoms with E-state index in [-0.39, 0.29) is 5.91 Å². The molecule has 0 aliphatic heterocycles.